The van der Waals surface area contributed by atoms with Gasteiger partial charge in [-0.15, -0.1) is 0 Å². The topological polar surface area (TPSA) is 97.9 Å². The molecule has 0 atom stereocenters. The highest BCUT2D eigenvalue weighted by molar-refractivity contribution is 6.36. The van der Waals surface area contributed by atoms with Crippen molar-refractivity contribution >= 4 is 29.2 Å². The van der Waals surface area contributed by atoms with Crippen LogP contribution in [0.5, 0.6) is 5.75 Å². The molecule has 0 aliphatic carbocycles. The molecule has 1 saturated heterocycles. The Kier molecular flexibility index (Phi) is 6.63. The van der Waals surface area contributed by atoms with Crippen LogP contribution >= 0.6 is 0 Å². The lowest BCUT2D eigenvalue weighted by molar-refractivity contribution is -0.110. The average Bonchev–Trinajstić information content (AvgIpc) is 3.42. The van der Waals surface area contributed by atoms with Crippen LogP contribution in [-0.4, -0.2) is 78.1 Å². The summed E-state index contributed by atoms with van der Waals surface area (Å²) in [6.45, 7) is 5.19. The molecule has 2 aromatic carbocycles. The van der Waals surface area contributed by atoms with E-state index in [1.54, 1.807) is 6.20 Å². The quantitative estimate of drug-likeness (QED) is 0.465. The molecule has 0 bridgehead atoms. The lowest BCUT2D eigenvalue weighted by Gasteiger charge is -2.32. The van der Waals surface area contributed by atoms with Crippen LogP contribution in [-0.2, 0) is 4.79 Å². The molecule has 3 aromatic rings. The van der Waals surface area contributed by atoms with Gasteiger partial charge in [0.15, 0.2) is 0 Å². The number of hydrogen-bond donors (Lipinski definition) is 3. The van der Waals surface area contributed by atoms with E-state index in [2.05, 4.69) is 22.2 Å². The molecule has 0 spiro atoms. The van der Waals surface area contributed by atoms with E-state index in [0.29, 0.717) is 30.0 Å². The zero-order valence-electron chi connectivity index (χ0n) is 20.5. The highest BCUT2D eigenvalue weighted by atomic mass is 16.5. The van der Waals surface area contributed by atoms with Crippen molar-refractivity contribution in [1.29, 1.82) is 0 Å². The Morgan fingerprint density at radius 1 is 1.14 bits per heavy atom. The lowest BCUT2D eigenvalue weighted by atomic mass is 9.94. The van der Waals surface area contributed by atoms with Gasteiger partial charge in [0.2, 0.25) is 0 Å². The molecule has 186 valence electrons. The molecule has 5 rings (SSSR count). The number of benzene rings is 2. The molecule has 0 unspecified atom stereocenters. The first-order chi connectivity index (χ1) is 17.5. The van der Waals surface area contributed by atoms with Crippen LogP contribution in [0.1, 0.15) is 27.2 Å². The van der Waals surface area contributed by atoms with Gasteiger partial charge in [0.05, 0.1) is 17.7 Å². The van der Waals surface area contributed by atoms with E-state index < -0.39 is 0 Å². The largest absolute Gasteiger partial charge is 0.491 e. The van der Waals surface area contributed by atoms with E-state index in [9.17, 15) is 9.59 Å². The first-order valence-electron chi connectivity index (χ1n) is 12.1. The minimum Gasteiger partial charge on any atom is -0.491 e. The summed E-state index contributed by atoms with van der Waals surface area (Å²) in [5, 5.41) is 12.0. The molecule has 0 saturated carbocycles. The minimum atomic E-state index is -0.189. The number of likely N-dealkylation sites (N-methyl/N-ethyl adjacent to an activating group) is 1. The molecular formula is C28H30N4O4. The second-order valence-electron chi connectivity index (χ2n) is 9.18. The zero-order chi connectivity index (χ0) is 25.2. The zero-order valence-corrected chi connectivity index (χ0v) is 20.5. The molecule has 1 aromatic heterocycles. The Balaban J connectivity index is 1.49. The van der Waals surface area contributed by atoms with Crippen molar-refractivity contribution in [2.45, 2.75) is 6.92 Å². The predicted octanol–water partition coefficient (Wildman–Crippen LogP) is 3.24. The summed E-state index contributed by atoms with van der Waals surface area (Å²) in [6, 6.07) is 13.4. The summed E-state index contributed by atoms with van der Waals surface area (Å²) in [5.41, 5.74) is 6.07. The van der Waals surface area contributed by atoms with E-state index in [1.807, 2.05) is 60.4 Å². The molecule has 3 N–H and O–H groups in total. The molecule has 0 radical (unpaired) electrons. The number of fused-ring (bicyclic) bond motifs is 1. The van der Waals surface area contributed by atoms with Gasteiger partial charge < -0.3 is 29.9 Å². The first kappa shape index (κ1) is 23.8. The number of aromatic nitrogens is 1. The normalized spacial score (nSPS) is 16.8. The summed E-state index contributed by atoms with van der Waals surface area (Å²) in [4.78, 5) is 33.5. The van der Waals surface area contributed by atoms with Gasteiger partial charge in [0, 0.05) is 49.3 Å². The summed E-state index contributed by atoms with van der Waals surface area (Å²) in [5.74, 6) is 0.471. The maximum Gasteiger partial charge on any atom is 0.256 e. The van der Waals surface area contributed by atoms with Gasteiger partial charge in [0.25, 0.3) is 11.8 Å². The molecule has 2 amide bonds. The second kappa shape index (κ2) is 10.0. The van der Waals surface area contributed by atoms with Gasteiger partial charge in [-0.1, -0.05) is 24.3 Å². The Morgan fingerprint density at radius 2 is 1.92 bits per heavy atom. The third kappa shape index (κ3) is 4.53. The van der Waals surface area contributed by atoms with E-state index in [-0.39, 0.29) is 25.0 Å². The Labute approximate surface area is 210 Å². The molecular weight excluding hydrogens is 456 g/mol. The van der Waals surface area contributed by atoms with E-state index in [4.69, 9.17) is 9.84 Å². The van der Waals surface area contributed by atoms with Crippen LogP contribution < -0.4 is 10.1 Å². The number of amides is 2. The van der Waals surface area contributed by atoms with Crippen molar-refractivity contribution < 1.29 is 19.4 Å². The average molecular weight is 487 g/mol. The van der Waals surface area contributed by atoms with Crippen LogP contribution in [0.2, 0.25) is 0 Å². The number of nitrogens with one attached hydrogen (secondary N) is 2. The van der Waals surface area contributed by atoms with Crippen molar-refractivity contribution in [3.8, 4) is 16.9 Å². The number of ether oxygens (including phenoxy) is 1. The van der Waals surface area contributed by atoms with Gasteiger partial charge in [-0.2, -0.15) is 0 Å². The Hall–Kier alpha value is -3.88. The molecule has 36 heavy (non-hydrogen) atoms. The summed E-state index contributed by atoms with van der Waals surface area (Å²) in [7, 11) is 2.06. The van der Waals surface area contributed by atoms with Crippen LogP contribution in [0.25, 0.3) is 22.8 Å². The number of H-pyrrole nitrogens is 1. The highest BCUT2D eigenvalue weighted by Crippen LogP contribution is 2.41. The van der Waals surface area contributed by atoms with Crippen molar-refractivity contribution in [3.05, 3.63) is 71.0 Å². The van der Waals surface area contributed by atoms with Crippen LogP contribution in [0.3, 0.4) is 0 Å². The third-order valence-electron chi connectivity index (χ3n) is 6.82. The van der Waals surface area contributed by atoms with Gasteiger partial charge in [0.1, 0.15) is 12.4 Å². The number of anilines is 1. The smallest absolute Gasteiger partial charge is 0.256 e. The predicted molar refractivity (Wildman–Crippen MR) is 140 cm³/mol. The van der Waals surface area contributed by atoms with Gasteiger partial charge in [-0.3, -0.25) is 9.59 Å². The van der Waals surface area contributed by atoms with Crippen molar-refractivity contribution in [1.82, 2.24) is 14.8 Å². The number of carbonyl (C=O) groups is 2. The number of piperazine rings is 1. The fourth-order valence-electron chi connectivity index (χ4n) is 4.75. The van der Waals surface area contributed by atoms with Gasteiger partial charge >= 0.3 is 0 Å². The summed E-state index contributed by atoms with van der Waals surface area (Å²) < 4.78 is 5.59. The maximum atomic E-state index is 13.1. The summed E-state index contributed by atoms with van der Waals surface area (Å²) in [6.07, 6.45) is 3.57. The number of aliphatic hydroxyl groups excluding tert-OH is 1. The number of hydrogen-bond acceptors (Lipinski definition) is 5. The molecule has 2 aliphatic heterocycles. The molecule has 8 nitrogen and oxygen atoms in total. The van der Waals surface area contributed by atoms with Crippen molar-refractivity contribution in [2.24, 2.45) is 0 Å². The fraction of sp³-hybridized carbons (Fsp3) is 0.286. The monoisotopic (exact) mass is 486 g/mol. The Morgan fingerprint density at radius 3 is 2.69 bits per heavy atom. The third-order valence-corrected chi connectivity index (χ3v) is 6.82. The lowest BCUT2D eigenvalue weighted by Crippen LogP contribution is -2.47. The first-order valence-corrected chi connectivity index (χ1v) is 12.1. The summed E-state index contributed by atoms with van der Waals surface area (Å²) >= 11 is 0. The Bertz CT molecular complexity index is 1340. The van der Waals surface area contributed by atoms with Crippen molar-refractivity contribution in [2.75, 3.05) is 51.8 Å². The van der Waals surface area contributed by atoms with Gasteiger partial charge in [-0.25, -0.2) is 0 Å². The van der Waals surface area contributed by atoms with Crippen LogP contribution in [0, 0.1) is 6.92 Å². The number of nitrogens with zero attached hydrogens (tertiary/aromatic N) is 2. The SMILES string of the molecule is Cc1c(C(=O)N2CCN(C)CC2)c[nH]c1C=C1C(=O)Nc2cccc(-c3cccc(OCCO)c3)c21. The molecule has 1 fully saturated rings. The van der Waals surface area contributed by atoms with E-state index >= 15 is 0 Å². The minimum absolute atomic E-state index is 0.0122. The van der Waals surface area contributed by atoms with Crippen LogP contribution in [0.15, 0.2) is 48.7 Å². The van der Waals surface area contributed by atoms with Crippen LogP contribution in [0.4, 0.5) is 5.69 Å². The van der Waals surface area contributed by atoms with E-state index in [0.717, 1.165) is 46.7 Å². The highest BCUT2D eigenvalue weighted by Gasteiger charge is 2.29. The standard InChI is InChI=1S/C28H30N4O4/c1-18-23(28(35)32-11-9-31(2)10-12-32)17-29-25(18)16-22-26-21(7-4-8-24(26)30-27(22)34)19-5-3-6-20(15-19)36-14-13-33/h3-8,15-17,29,33H,9-14H2,1-2H3,(H,30,34). The number of aromatic amines is 1. The maximum absolute atomic E-state index is 13.1. The fourth-order valence-corrected chi connectivity index (χ4v) is 4.75. The van der Waals surface area contributed by atoms with Gasteiger partial charge in [-0.05, 0) is 54.9 Å². The molecule has 2 aliphatic rings. The second-order valence-corrected chi connectivity index (χ2v) is 9.18. The van der Waals surface area contributed by atoms with E-state index in [1.165, 1.54) is 0 Å². The number of aliphatic hydroxyl groups is 1. The number of carbonyl (C=O) groups excluding carboxylic acids is 2. The molecule has 3 heterocycles. The number of rotatable bonds is 6. The van der Waals surface area contributed by atoms with Crippen molar-refractivity contribution in [3.63, 3.8) is 0 Å². The molecule has 8 heteroatoms.